The highest BCUT2D eigenvalue weighted by molar-refractivity contribution is 5.77. The number of hydrogen-bond donors (Lipinski definition) is 9. The molecule has 2 aliphatic rings. The van der Waals surface area contributed by atoms with Crippen LogP contribution in [-0.2, 0) is 28.5 Å². The van der Waals surface area contributed by atoms with Crippen LogP contribution < -0.4 is 31.9 Å². The number of carbonyl (C=O) groups is 6. The monoisotopic (exact) mass is 899 g/mol. The SMILES string of the molecule is CCC(C/C=C/CC(=O)NCNC(C)(C)CC(=O)O)OC(=O)NC1CC(C)(C)CC(C)(CNC(=O)OCC(O)COC(=O)NC2CC(C)(C)CC(C)(CNC(=O)OCC(C)O)C2)C1. The number of aliphatic hydroxyl groups is 2. The summed E-state index contributed by atoms with van der Waals surface area (Å²) < 4.78 is 21.2. The molecular weight excluding hydrogens is 821 g/mol. The molecule has 0 spiro atoms. The number of carbonyl (C=O) groups excluding carboxylic acids is 5. The van der Waals surface area contributed by atoms with E-state index in [2.05, 4.69) is 59.6 Å². The molecule has 0 aromatic carbocycles. The second kappa shape index (κ2) is 24.6. The van der Waals surface area contributed by atoms with Crippen LogP contribution in [0.5, 0.6) is 0 Å². The minimum Gasteiger partial charge on any atom is -0.481 e. The summed E-state index contributed by atoms with van der Waals surface area (Å²) in [6, 6.07) is -0.486. The summed E-state index contributed by atoms with van der Waals surface area (Å²) in [6.07, 6.45) is 3.46. The highest BCUT2D eigenvalue weighted by atomic mass is 16.6. The van der Waals surface area contributed by atoms with Crippen molar-refractivity contribution in [2.75, 3.05) is 39.6 Å². The molecular formula is C44H78N6O13. The predicted molar refractivity (Wildman–Crippen MR) is 234 cm³/mol. The summed E-state index contributed by atoms with van der Waals surface area (Å²) in [7, 11) is 0. The van der Waals surface area contributed by atoms with E-state index in [0.29, 0.717) is 45.1 Å². The molecule has 7 atom stereocenters. The number of alkyl carbamates (subject to hydrolysis) is 4. The Morgan fingerprint density at radius 2 is 1.21 bits per heavy atom. The van der Waals surface area contributed by atoms with Gasteiger partial charge in [-0.05, 0) is 87.4 Å². The topological polar surface area (TPSA) is 272 Å². The molecule has 0 heterocycles. The van der Waals surface area contributed by atoms with Crippen molar-refractivity contribution in [1.82, 2.24) is 31.9 Å². The van der Waals surface area contributed by atoms with Gasteiger partial charge in [-0.3, -0.25) is 14.9 Å². The average Bonchev–Trinajstić information content (AvgIpc) is 3.12. The third kappa shape index (κ3) is 23.2. The van der Waals surface area contributed by atoms with Crippen LogP contribution in [0, 0.1) is 21.7 Å². The van der Waals surface area contributed by atoms with Crippen molar-refractivity contribution in [3.8, 4) is 0 Å². The van der Waals surface area contributed by atoms with Crippen LogP contribution in [0.4, 0.5) is 19.2 Å². The Morgan fingerprint density at radius 3 is 1.70 bits per heavy atom. The first-order valence-electron chi connectivity index (χ1n) is 22.1. The first-order chi connectivity index (χ1) is 29.1. The number of amides is 5. The summed E-state index contributed by atoms with van der Waals surface area (Å²) in [5, 5.41) is 45.9. The van der Waals surface area contributed by atoms with Crippen molar-refractivity contribution in [2.45, 2.75) is 169 Å². The van der Waals surface area contributed by atoms with E-state index in [4.69, 9.17) is 24.1 Å². The Kier molecular flexibility index (Phi) is 21.4. The van der Waals surface area contributed by atoms with E-state index in [1.54, 1.807) is 26.0 Å². The van der Waals surface area contributed by atoms with Crippen molar-refractivity contribution >= 4 is 36.2 Å². The summed E-state index contributed by atoms with van der Waals surface area (Å²) in [4.78, 5) is 73.7. The Hall–Kier alpha value is -4.36. The third-order valence-corrected chi connectivity index (χ3v) is 11.2. The van der Waals surface area contributed by atoms with Gasteiger partial charge in [-0.15, -0.1) is 0 Å². The van der Waals surface area contributed by atoms with Gasteiger partial charge in [0.05, 0.1) is 19.2 Å². The van der Waals surface area contributed by atoms with E-state index in [-0.39, 0.29) is 66.9 Å². The van der Waals surface area contributed by atoms with Crippen molar-refractivity contribution in [3.63, 3.8) is 0 Å². The molecule has 63 heavy (non-hydrogen) atoms. The maximum absolute atomic E-state index is 13.0. The summed E-state index contributed by atoms with van der Waals surface area (Å²) >= 11 is 0. The Balaban J connectivity index is 1.75. The summed E-state index contributed by atoms with van der Waals surface area (Å²) in [5.41, 5.74) is -1.76. The smallest absolute Gasteiger partial charge is 0.407 e. The lowest BCUT2D eigenvalue weighted by molar-refractivity contribution is -0.138. The number of carboxylic acids is 1. The third-order valence-electron chi connectivity index (χ3n) is 11.2. The highest BCUT2D eigenvalue weighted by Gasteiger charge is 2.43. The number of rotatable bonds is 23. The molecule has 2 saturated carbocycles. The van der Waals surface area contributed by atoms with Crippen molar-refractivity contribution in [3.05, 3.63) is 12.2 Å². The van der Waals surface area contributed by atoms with Gasteiger partial charge < -0.3 is 60.9 Å². The van der Waals surface area contributed by atoms with Crippen LogP contribution in [0.25, 0.3) is 0 Å². The zero-order chi connectivity index (χ0) is 47.6. The molecule has 2 fully saturated rings. The van der Waals surface area contributed by atoms with Crippen LogP contribution >= 0.6 is 0 Å². The minimum absolute atomic E-state index is 0.0871. The molecule has 0 aliphatic heterocycles. The number of ether oxygens (including phenoxy) is 4. The summed E-state index contributed by atoms with van der Waals surface area (Å²) in [5.74, 6) is -1.17. The first-order valence-corrected chi connectivity index (χ1v) is 22.1. The molecule has 19 nitrogen and oxygen atoms in total. The molecule has 2 rings (SSSR count). The second-order valence-corrected chi connectivity index (χ2v) is 20.6. The molecule has 2 aliphatic carbocycles. The van der Waals surface area contributed by atoms with Crippen LogP contribution in [0.15, 0.2) is 12.2 Å². The number of aliphatic hydroxyl groups excluding tert-OH is 2. The average molecular weight is 899 g/mol. The largest absolute Gasteiger partial charge is 0.481 e. The number of hydrogen-bond acceptors (Lipinski definition) is 13. The van der Waals surface area contributed by atoms with Gasteiger partial charge in [0.2, 0.25) is 5.91 Å². The number of nitrogens with one attached hydrogen (secondary N) is 6. The van der Waals surface area contributed by atoms with Crippen molar-refractivity contribution < 1.29 is 63.0 Å². The van der Waals surface area contributed by atoms with E-state index in [1.165, 1.54) is 6.92 Å². The number of aliphatic carboxylic acids is 1. The fourth-order valence-corrected chi connectivity index (χ4v) is 9.19. The summed E-state index contributed by atoms with van der Waals surface area (Å²) in [6.45, 7) is 19.1. The minimum atomic E-state index is -1.27. The Morgan fingerprint density at radius 1 is 0.714 bits per heavy atom. The zero-order valence-electron chi connectivity index (χ0n) is 39.3. The van der Waals surface area contributed by atoms with E-state index < -0.39 is 72.8 Å². The van der Waals surface area contributed by atoms with E-state index in [1.807, 2.05) is 20.8 Å². The van der Waals surface area contributed by atoms with Gasteiger partial charge in [-0.25, -0.2) is 19.2 Å². The van der Waals surface area contributed by atoms with Gasteiger partial charge in [0.15, 0.2) is 0 Å². The molecule has 0 radical (unpaired) electrons. The zero-order valence-corrected chi connectivity index (χ0v) is 39.3. The van der Waals surface area contributed by atoms with E-state index in [0.717, 1.165) is 12.8 Å². The molecule has 7 unspecified atom stereocenters. The van der Waals surface area contributed by atoms with Gasteiger partial charge >= 0.3 is 30.3 Å². The molecule has 0 aromatic heterocycles. The lowest BCUT2D eigenvalue weighted by Gasteiger charge is -2.46. The van der Waals surface area contributed by atoms with Crippen molar-refractivity contribution in [2.24, 2.45) is 21.7 Å². The fourth-order valence-electron chi connectivity index (χ4n) is 9.19. The van der Waals surface area contributed by atoms with Gasteiger partial charge in [0, 0.05) is 43.6 Å². The highest BCUT2D eigenvalue weighted by Crippen LogP contribution is 2.47. The van der Waals surface area contributed by atoms with E-state index >= 15 is 0 Å². The van der Waals surface area contributed by atoms with Crippen molar-refractivity contribution in [1.29, 1.82) is 0 Å². The van der Waals surface area contributed by atoms with Crippen LogP contribution in [0.1, 0.15) is 133 Å². The normalized spacial score (nSPS) is 24.4. The van der Waals surface area contributed by atoms with E-state index in [9.17, 15) is 39.0 Å². The molecule has 5 amide bonds. The first kappa shape index (κ1) is 54.8. The number of carboxylic acid groups (broad SMARTS) is 1. The molecule has 0 saturated heterocycles. The second-order valence-electron chi connectivity index (χ2n) is 20.6. The maximum atomic E-state index is 13.0. The maximum Gasteiger partial charge on any atom is 0.407 e. The molecule has 9 N–H and O–H groups in total. The van der Waals surface area contributed by atoms with Gasteiger partial charge in [-0.1, -0.05) is 60.6 Å². The predicted octanol–water partition coefficient (Wildman–Crippen LogP) is 4.83. The fraction of sp³-hybridized carbons (Fsp3) is 0.818. The molecule has 0 bridgehead atoms. The van der Waals surface area contributed by atoms with Gasteiger partial charge in [0.25, 0.3) is 0 Å². The van der Waals surface area contributed by atoms with Crippen LogP contribution in [0.3, 0.4) is 0 Å². The van der Waals surface area contributed by atoms with Gasteiger partial charge in [-0.2, -0.15) is 0 Å². The van der Waals surface area contributed by atoms with Gasteiger partial charge in [0.1, 0.15) is 32.0 Å². The van der Waals surface area contributed by atoms with Crippen LogP contribution in [0.2, 0.25) is 0 Å². The Bertz CT molecular complexity index is 1560. The molecule has 0 aromatic rings. The van der Waals surface area contributed by atoms with Crippen LogP contribution in [-0.4, -0.2) is 127 Å². The molecule has 19 heteroatoms. The Labute approximate surface area is 373 Å². The quantitative estimate of drug-likeness (QED) is 0.0378. The lowest BCUT2D eigenvalue weighted by Crippen LogP contribution is -2.51. The molecule has 362 valence electrons. The lowest BCUT2D eigenvalue weighted by atomic mass is 9.62. The standard InChI is InChI=1S/C44H78N6O13/c1-11-33(14-12-13-15-34(53)47-28-48-42(7,8)20-35(54)55)63-39(59)50-31-17-41(5,6)25-44(10,19-31)27-46-37(57)61-22-32(52)23-62-38(58)49-30-16-40(3,4)24-43(9,18-30)26-45-36(56)60-21-29(2)51/h12-13,29-33,48,51-52H,11,14-28H2,1-10H3,(H,45,56)(H,46,57)(H,47,53)(H,49,58)(H,50,59)(H,54,55)/b13-12+.